The largest absolute Gasteiger partial charge is 0.342 e. The third-order valence-corrected chi connectivity index (χ3v) is 2.96. The van der Waals surface area contributed by atoms with Gasteiger partial charge in [-0.1, -0.05) is 19.0 Å². The molecular weight excluding hydrogens is 192 g/mol. The molecule has 1 amide bonds. The maximum atomic E-state index is 11.9. The number of hydrogen-bond acceptors (Lipinski definition) is 2. The first-order valence-corrected chi connectivity index (χ1v) is 5.52. The molecule has 0 bridgehead atoms. The Kier molecular flexibility index (Phi) is 4.43. The van der Waals surface area contributed by atoms with Gasteiger partial charge in [0, 0.05) is 18.0 Å². The molecule has 0 aromatic heterocycles. The molecule has 84 valence electrons. The van der Waals surface area contributed by atoms with Crippen molar-refractivity contribution in [3.63, 3.8) is 0 Å². The van der Waals surface area contributed by atoms with Crippen molar-refractivity contribution in [2.75, 3.05) is 13.1 Å². The van der Waals surface area contributed by atoms with E-state index >= 15 is 0 Å². The standard InChI is InChI=1S/C10H18N4O/c1-3-9(12-13-11)10(15)14-6-4-8(2)5-7-14/h8-9H,3-7H2,1-2H3. The first-order valence-electron chi connectivity index (χ1n) is 5.52. The van der Waals surface area contributed by atoms with Gasteiger partial charge in [0.1, 0.15) is 6.04 Å². The minimum atomic E-state index is -0.511. The molecule has 0 aromatic carbocycles. The van der Waals surface area contributed by atoms with Gasteiger partial charge in [-0.15, -0.1) is 0 Å². The van der Waals surface area contributed by atoms with E-state index in [0.29, 0.717) is 12.3 Å². The van der Waals surface area contributed by atoms with Gasteiger partial charge in [0.2, 0.25) is 5.91 Å². The maximum absolute atomic E-state index is 11.9. The maximum Gasteiger partial charge on any atom is 0.231 e. The van der Waals surface area contributed by atoms with Gasteiger partial charge in [0.25, 0.3) is 0 Å². The van der Waals surface area contributed by atoms with Crippen LogP contribution in [0.15, 0.2) is 5.11 Å². The molecular formula is C10H18N4O. The highest BCUT2D eigenvalue weighted by Gasteiger charge is 2.25. The summed E-state index contributed by atoms with van der Waals surface area (Å²) in [6.07, 6.45) is 2.69. The number of carbonyl (C=O) groups excluding carboxylic acids is 1. The highest BCUT2D eigenvalue weighted by atomic mass is 16.2. The summed E-state index contributed by atoms with van der Waals surface area (Å²) < 4.78 is 0. The summed E-state index contributed by atoms with van der Waals surface area (Å²) in [5, 5.41) is 3.53. The van der Waals surface area contributed by atoms with Crippen molar-refractivity contribution in [2.45, 2.75) is 39.2 Å². The third kappa shape index (κ3) is 3.13. The Morgan fingerprint density at radius 2 is 2.20 bits per heavy atom. The SMILES string of the molecule is CCC(N=[N+]=[N-])C(=O)N1CCC(C)CC1. The summed E-state index contributed by atoms with van der Waals surface area (Å²) in [5.74, 6) is 0.691. The lowest BCUT2D eigenvalue weighted by molar-refractivity contribution is -0.133. The molecule has 5 nitrogen and oxygen atoms in total. The van der Waals surface area contributed by atoms with Gasteiger partial charge in [0.05, 0.1) is 0 Å². The first kappa shape index (κ1) is 11.9. The molecule has 1 aliphatic rings. The number of rotatable bonds is 3. The van der Waals surface area contributed by atoms with Crippen LogP contribution < -0.4 is 0 Å². The molecule has 0 aromatic rings. The number of azide groups is 1. The first-order chi connectivity index (χ1) is 7.19. The molecule has 0 spiro atoms. The molecule has 0 radical (unpaired) electrons. The van der Waals surface area contributed by atoms with Gasteiger partial charge in [0.15, 0.2) is 0 Å². The molecule has 1 heterocycles. The smallest absolute Gasteiger partial charge is 0.231 e. The van der Waals surface area contributed by atoms with Crippen molar-refractivity contribution in [1.82, 2.24) is 4.90 Å². The van der Waals surface area contributed by atoms with Gasteiger partial charge in [-0.25, -0.2) is 0 Å². The number of nitrogens with zero attached hydrogens (tertiary/aromatic N) is 4. The number of hydrogen-bond donors (Lipinski definition) is 0. The van der Waals surface area contributed by atoms with Gasteiger partial charge >= 0.3 is 0 Å². The van der Waals surface area contributed by atoms with E-state index in [9.17, 15) is 4.79 Å². The number of piperidine rings is 1. The summed E-state index contributed by atoms with van der Waals surface area (Å²) in [5.41, 5.74) is 8.34. The molecule has 0 N–H and O–H groups in total. The Hall–Kier alpha value is -1.22. The van der Waals surface area contributed by atoms with Crippen molar-refractivity contribution < 1.29 is 4.79 Å². The zero-order valence-electron chi connectivity index (χ0n) is 9.39. The predicted octanol–water partition coefficient (Wildman–Crippen LogP) is 2.33. The van der Waals surface area contributed by atoms with E-state index in [1.807, 2.05) is 11.8 Å². The van der Waals surface area contributed by atoms with E-state index in [1.165, 1.54) is 0 Å². The second-order valence-electron chi connectivity index (χ2n) is 4.14. The van der Waals surface area contributed by atoms with Crippen LogP contribution in [0.1, 0.15) is 33.1 Å². The quantitative estimate of drug-likeness (QED) is 0.400. The molecule has 1 aliphatic heterocycles. The number of carbonyl (C=O) groups is 1. The van der Waals surface area contributed by atoms with Crippen LogP contribution in [-0.4, -0.2) is 29.9 Å². The Labute approximate surface area is 90.1 Å². The van der Waals surface area contributed by atoms with Crippen molar-refractivity contribution in [1.29, 1.82) is 0 Å². The van der Waals surface area contributed by atoms with Crippen molar-refractivity contribution >= 4 is 5.91 Å². The van der Waals surface area contributed by atoms with E-state index in [-0.39, 0.29) is 5.91 Å². The second-order valence-corrected chi connectivity index (χ2v) is 4.14. The predicted molar refractivity (Wildman–Crippen MR) is 58.2 cm³/mol. The highest BCUT2D eigenvalue weighted by Crippen LogP contribution is 2.17. The Morgan fingerprint density at radius 1 is 1.60 bits per heavy atom. The summed E-state index contributed by atoms with van der Waals surface area (Å²) in [6.45, 7) is 5.67. The van der Waals surface area contributed by atoms with Gasteiger partial charge in [-0.2, -0.15) is 0 Å². The van der Waals surface area contributed by atoms with Gasteiger partial charge < -0.3 is 4.90 Å². The zero-order chi connectivity index (χ0) is 11.3. The van der Waals surface area contributed by atoms with Crippen LogP contribution in [0.4, 0.5) is 0 Å². The fourth-order valence-corrected chi connectivity index (χ4v) is 1.81. The van der Waals surface area contributed by atoms with E-state index in [0.717, 1.165) is 25.9 Å². The van der Waals surface area contributed by atoms with E-state index < -0.39 is 6.04 Å². The minimum absolute atomic E-state index is 0.0119. The van der Waals surface area contributed by atoms with Crippen LogP contribution in [0.2, 0.25) is 0 Å². The van der Waals surface area contributed by atoms with E-state index in [1.54, 1.807) is 0 Å². The summed E-state index contributed by atoms with van der Waals surface area (Å²) >= 11 is 0. The fourth-order valence-electron chi connectivity index (χ4n) is 1.81. The monoisotopic (exact) mass is 210 g/mol. The molecule has 1 rings (SSSR count). The van der Waals surface area contributed by atoms with Crippen molar-refractivity contribution in [2.24, 2.45) is 11.0 Å². The second kappa shape index (κ2) is 5.61. The topological polar surface area (TPSA) is 69.1 Å². The van der Waals surface area contributed by atoms with Crippen LogP contribution in [0.25, 0.3) is 10.4 Å². The van der Waals surface area contributed by atoms with Gasteiger partial charge in [-0.05, 0) is 30.7 Å². The summed E-state index contributed by atoms with van der Waals surface area (Å²) in [7, 11) is 0. The van der Waals surface area contributed by atoms with Crippen LogP contribution >= 0.6 is 0 Å². The molecule has 1 unspecified atom stereocenters. The van der Waals surface area contributed by atoms with Crippen molar-refractivity contribution in [3.05, 3.63) is 10.4 Å². The van der Waals surface area contributed by atoms with Gasteiger partial charge in [-0.3, -0.25) is 4.79 Å². The lowest BCUT2D eigenvalue weighted by Gasteiger charge is -2.31. The highest BCUT2D eigenvalue weighted by molar-refractivity contribution is 5.82. The molecule has 1 fully saturated rings. The van der Waals surface area contributed by atoms with Crippen LogP contribution in [0.5, 0.6) is 0 Å². The zero-order valence-corrected chi connectivity index (χ0v) is 9.39. The summed E-state index contributed by atoms with van der Waals surface area (Å²) in [4.78, 5) is 16.4. The lowest BCUT2D eigenvalue weighted by Crippen LogP contribution is -2.42. The normalized spacial score (nSPS) is 19.5. The fraction of sp³-hybridized carbons (Fsp3) is 0.900. The minimum Gasteiger partial charge on any atom is -0.342 e. The Morgan fingerprint density at radius 3 is 2.67 bits per heavy atom. The average molecular weight is 210 g/mol. The average Bonchev–Trinajstić information content (AvgIpc) is 2.26. The van der Waals surface area contributed by atoms with Crippen LogP contribution in [0.3, 0.4) is 0 Å². The Bertz CT molecular complexity index is 265. The summed E-state index contributed by atoms with van der Waals surface area (Å²) in [6, 6.07) is -0.511. The number of amides is 1. The molecule has 0 saturated carbocycles. The van der Waals surface area contributed by atoms with Crippen LogP contribution in [0, 0.1) is 5.92 Å². The third-order valence-electron chi connectivity index (χ3n) is 2.96. The molecule has 1 saturated heterocycles. The van der Waals surface area contributed by atoms with E-state index in [4.69, 9.17) is 5.53 Å². The van der Waals surface area contributed by atoms with Crippen molar-refractivity contribution in [3.8, 4) is 0 Å². The van der Waals surface area contributed by atoms with E-state index in [2.05, 4.69) is 16.9 Å². The molecule has 5 heteroatoms. The Balaban J connectivity index is 2.55. The lowest BCUT2D eigenvalue weighted by atomic mass is 9.98. The molecule has 15 heavy (non-hydrogen) atoms. The molecule has 1 atom stereocenters. The number of likely N-dealkylation sites (tertiary alicyclic amines) is 1. The van der Waals surface area contributed by atoms with Crippen LogP contribution in [-0.2, 0) is 4.79 Å². The molecule has 0 aliphatic carbocycles.